The van der Waals surface area contributed by atoms with Gasteiger partial charge in [-0.05, 0) is 43.3 Å². The second-order valence-electron chi connectivity index (χ2n) is 6.77. The van der Waals surface area contributed by atoms with Crippen molar-refractivity contribution in [1.82, 2.24) is 9.62 Å². The van der Waals surface area contributed by atoms with E-state index in [0.29, 0.717) is 36.6 Å². The number of nitrogens with zero attached hydrogens (tertiary/aromatic N) is 2. The molecule has 30 heavy (non-hydrogen) atoms. The van der Waals surface area contributed by atoms with E-state index in [4.69, 9.17) is 4.74 Å². The maximum absolute atomic E-state index is 12.7. The fourth-order valence-corrected chi connectivity index (χ4v) is 4.05. The number of sulfonamides is 1. The summed E-state index contributed by atoms with van der Waals surface area (Å²) in [7, 11) is -0.917. The highest BCUT2D eigenvalue weighted by atomic mass is 32.2. The largest absolute Gasteiger partial charge is 0.492 e. The number of hydrogen-bond donors (Lipinski definition) is 2. The van der Waals surface area contributed by atoms with E-state index in [9.17, 15) is 18.0 Å². The quantitative estimate of drug-likeness (QED) is 0.697. The van der Waals surface area contributed by atoms with Crippen LogP contribution in [0, 0.1) is 0 Å². The highest BCUT2D eigenvalue weighted by molar-refractivity contribution is 7.89. The minimum Gasteiger partial charge on any atom is -0.492 e. The lowest BCUT2D eigenvalue weighted by molar-refractivity contribution is 0.102. The Labute approximate surface area is 175 Å². The van der Waals surface area contributed by atoms with Crippen LogP contribution in [0.25, 0.3) is 0 Å². The zero-order valence-electron chi connectivity index (χ0n) is 17.0. The molecular weight excluding hydrogens is 408 g/mol. The zero-order valence-corrected chi connectivity index (χ0v) is 17.8. The average Bonchev–Trinajstić information content (AvgIpc) is 3.15. The van der Waals surface area contributed by atoms with Crippen LogP contribution in [0.2, 0.25) is 0 Å². The van der Waals surface area contributed by atoms with Crippen LogP contribution in [-0.2, 0) is 10.0 Å². The van der Waals surface area contributed by atoms with Gasteiger partial charge in [-0.3, -0.25) is 9.69 Å². The lowest BCUT2D eigenvalue weighted by Crippen LogP contribution is -2.27. The smallest absolute Gasteiger partial charge is 0.321 e. The Morgan fingerprint density at radius 1 is 1.23 bits per heavy atom. The first-order valence-electron chi connectivity index (χ1n) is 9.40. The first kappa shape index (κ1) is 21.6. The molecule has 160 valence electrons. The number of hydrogen-bond acceptors (Lipinski definition) is 5. The maximum atomic E-state index is 12.7. The Balaban J connectivity index is 1.87. The summed E-state index contributed by atoms with van der Waals surface area (Å²) in [5.74, 6) is -0.208. The number of nitrogens with one attached hydrogen (secondary N) is 2. The van der Waals surface area contributed by atoms with Crippen LogP contribution in [0.1, 0.15) is 17.3 Å². The number of ether oxygens (including phenoxy) is 1. The third-order valence-corrected chi connectivity index (χ3v) is 6.37. The van der Waals surface area contributed by atoms with Crippen molar-refractivity contribution in [3.8, 4) is 5.75 Å². The van der Waals surface area contributed by atoms with Gasteiger partial charge in [0.25, 0.3) is 5.91 Å². The van der Waals surface area contributed by atoms with Crippen molar-refractivity contribution in [1.29, 1.82) is 0 Å². The van der Waals surface area contributed by atoms with Gasteiger partial charge in [-0.1, -0.05) is 6.07 Å². The van der Waals surface area contributed by atoms with Crippen LogP contribution in [-0.4, -0.2) is 58.5 Å². The lowest BCUT2D eigenvalue weighted by Gasteiger charge is -2.17. The Bertz CT molecular complexity index is 1070. The summed E-state index contributed by atoms with van der Waals surface area (Å²) in [6.07, 6.45) is 0. The SMILES string of the molecule is CCOc1ccc(NC(=O)c2cccc(N3CCNC3=O)c2)cc1S(=O)(=O)N(C)C. The fourth-order valence-electron chi connectivity index (χ4n) is 3.00. The molecule has 9 nitrogen and oxygen atoms in total. The van der Waals surface area contributed by atoms with Crippen molar-refractivity contribution < 1.29 is 22.7 Å². The van der Waals surface area contributed by atoms with E-state index < -0.39 is 15.9 Å². The predicted molar refractivity (Wildman–Crippen MR) is 114 cm³/mol. The molecule has 1 aliphatic heterocycles. The summed E-state index contributed by atoms with van der Waals surface area (Å²) >= 11 is 0. The van der Waals surface area contributed by atoms with E-state index >= 15 is 0 Å². The van der Waals surface area contributed by atoms with Crippen molar-refractivity contribution in [3.05, 3.63) is 48.0 Å². The highest BCUT2D eigenvalue weighted by Gasteiger charge is 2.24. The van der Waals surface area contributed by atoms with Crippen LogP contribution >= 0.6 is 0 Å². The molecule has 2 aromatic carbocycles. The normalized spacial score (nSPS) is 14.0. The monoisotopic (exact) mass is 432 g/mol. The molecule has 1 heterocycles. The van der Waals surface area contributed by atoms with Gasteiger partial charge in [0.05, 0.1) is 6.61 Å². The van der Waals surface area contributed by atoms with Gasteiger partial charge in [0, 0.05) is 44.1 Å². The number of benzene rings is 2. The number of anilines is 2. The highest BCUT2D eigenvalue weighted by Crippen LogP contribution is 2.29. The Hall–Kier alpha value is -3.11. The van der Waals surface area contributed by atoms with E-state index in [0.717, 1.165) is 4.31 Å². The molecule has 0 atom stereocenters. The van der Waals surface area contributed by atoms with E-state index in [1.807, 2.05) is 0 Å². The molecule has 1 fully saturated rings. The van der Waals surface area contributed by atoms with Crippen LogP contribution in [0.15, 0.2) is 47.4 Å². The van der Waals surface area contributed by atoms with Gasteiger partial charge in [-0.25, -0.2) is 17.5 Å². The molecule has 0 unspecified atom stereocenters. The number of carbonyl (C=O) groups is 2. The van der Waals surface area contributed by atoms with Gasteiger partial charge in [0.1, 0.15) is 10.6 Å². The Morgan fingerprint density at radius 2 is 2.00 bits per heavy atom. The topological polar surface area (TPSA) is 108 Å². The summed E-state index contributed by atoms with van der Waals surface area (Å²) in [6.45, 7) is 3.13. The standard InChI is InChI=1S/C20H24N4O5S/c1-4-29-17-9-8-15(13-18(17)30(27,28)23(2)3)22-19(25)14-6-5-7-16(12-14)24-11-10-21-20(24)26/h5-9,12-13H,4,10-11H2,1-3H3,(H,21,26)(H,22,25). The Kier molecular flexibility index (Phi) is 6.28. The molecule has 0 bridgehead atoms. The van der Waals surface area contributed by atoms with Crippen molar-refractivity contribution >= 4 is 33.3 Å². The number of rotatable bonds is 7. The predicted octanol–water partition coefficient (Wildman–Crippen LogP) is 2.12. The first-order valence-corrected chi connectivity index (χ1v) is 10.8. The van der Waals surface area contributed by atoms with Crippen molar-refractivity contribution in [2.75, 3.05) is 44.0 Å². The van der Waals surface area contributed by atoms with Crippen LogP contribution in [0.4, 0.5) is 16.2 Å². The van der Waals surface area contributed by atoms with Gasteiger partial charge in [0.2, 0.25) is 10.0 Å². The van der Waals surface area contributed by atoms with E-state index in [1.54, 1.807) is 42.2 Å². The molecule has 2 N–H and O–H groups in total. The molecule has 10 heteroatoms. The molecule has 0 spiro atoms. The average molecular weight is 433 g/mol. The third-order valence-electron chi connectivity index (χ3n) is 4.54. The van der Waals surface area contributed by atoms with E-state index in [2.05, 4.69) is 10.6 Å². The summed E-state index contributed by atoms with van der Waals surface area (Å²) in [5.41, 5.74) is 1.27. The minimum atomic E-state index is -3.77. The van der Waals surface area contributed by atoms with Crippen molar-refractivity contribution in [2.45, 2.75) is 11.8 Å². The summed E-state index contributed by atoms with van der Waals surface area (Å²) in [6, 6.07) is 10.9. The van der Waals surface area contributed by atoms with Crippen molar-refractivity contribution in [3.63, 3.8) is 0 Å². The van der Waals surface area contributed by atoms with Gasteiger partial charge in [0.15, 0.2) is 0 Å². The molecule has 0 aliphatic carbocycles. The molecule has 3 amide bonds. The molecule has 2 aromatic rings. The van der Waals surface area contributed by atoms with Gasteiger partial charge < -0.3 is 15.4 Å². The second-order valence-corrected chi connectivity index (χ2v) is 8.89. The van der Waals surface area contributed by atoms with Gasteiger partial charge in [-0.15, -0.1) is 0 Å². The number of amides is 3. The second kappa shape index (κ2) is 8.72. The molecule has 0 saturated carbocycles. The molecule has 0 aromatic heterocycles. The summed E-state index contributed by atoms with van der Waals surface area (Å²) in [4.78, 5) is 26.1. The van der Waals surface area contributed by atoms with Crippen LogP contribution in [0.3, 0.4) is 0 Å². The molecule has 3 rings (SSSR count). The summed E-state index contributed by atoms with van der Waals surface area (Å²) in [5, 5.41) is 5.43. The zero-order chi connectivity index (χ0) is 21.9. The third kappa shape index (κ3) is 4.39. The number of carbonyl (C=O) groups excluding carboxylic acids is 2. The van der Waals surface area contributed by atoms with E-state index in [1.165, 1.54) is 26.2 Å². The fraction of sp³-hybridized carbons (Fsp3) is 0.300. The van der Waals surface area contributed by atoms with Gasteiger partial charge >= 0.3 is 6.03 Å². The van der Waals surface area contributed by atoms with Crippen LogP contribution in [0.5, 0.6) is 5.75 Å². The molecular formula is C20H24N4O5S. The lowest BCUT2D eigenvalue weighted by atomic mass is 10.1. The maximum Gasteiger partial charge on any atom is 0.321 e. The van der Waals surface area contributed by atoms with Gasteiger partial charge in [-0.2, -0.15) is 0 Å². The number of urea groups is 1. The van der Waals surface area contributed by atoms with Crippen molar-refractivity contribution in [2.24, 2.45) is 0 Å². The van der Waals surface area contributed by atoms with E-state index in [-0.39, 0.29) is 16.7 Å². The first-order chi connectivity index (χ1) is 14.2. The molecule has 1 saturated heterocycles. The summed E-state index contributed by atoms with van der Waals surface area (Å²) < 4.78 is 31.8. The minimum absolute atomic E-state index is 0.0327. The molecule has 1 aliphatic rings. The van der Waals surface area contributed by atoms with Crippen LogP contribution < -0.4 is 20.3 Å². The molecule has 0 radical (unpaired) electrons. The Morgan fingerprint density at radius 3 is 2.63 bits per heavy atom.